The number of nitrogens with two attached hydrogens (primary N) is 4. The van der Waals surface area contributed by atoms with Crippen molar-refractivity contribution in [2.45, 2.75) is 63.5 Å². The Balaban J connectivity index is -0.0000000865. The molecule has 0 rings (SSSR count). The van der Waals surface area contributed by atoms with E-state index >= 15 is 0 Å². The van der Waals surface area contributed by atoms with Crippen LogP contribution in [-0.2, 0) is 49.7 Å². The second-order valence-electron chi connectivity index (χ2n) is 7.80. The van der Waals surface area contributed by atoms with E-state index in [0.29, 0.717) is 51.4 Å². The van der Waals surface area contributed by atoms with Crippen molar-refractivity contribution in [1.82, 2.24) is 12.3 Å². The average Bonchev–Trinajstić information content (AvgIpc) is 2.68. The second kappa shape index (κ2) is 28.9. The van der Waals surface area contributed by atoms with Crippen LogP contribution in [0.3, 0.4) is 0 Å². The summed E-state index contributed by atoms with van der Waals surface area (Å²) < 4.78 is 106. The zero-order chi connectivity index (χ0) is 35.9. The molecular formula is C14H46N6O20P2S3. The maximum Gasteiger partial charge on any atom is 0.394 e. The van der Waals surface area contributed by atoms with E-state index in [1.54, 1.807) is 0 Å². The number of carboxylic acid groups (broad SMARTS) is 2. The van der Waals surface area contributed by atoms with E-state index in [-0.39, 0.29) is 24.6 Å². The highest BCUT2D eigenvalue weighted by Crippen LogP contribution is 2.36. The molecule has 24 N–H and O–H groups in total. The molecule has 0 saturated heterocycles. The summed E-state index contributed by atoms with van der Waals surface area (Å²) in [6, 6.07) is -1.74. The van der Waals surface area contributed by atoms with Gasteiger partial charge in [-0.15, -0.1) is 0 Å². The third-order valence-corrected chi connectivity index (χ3v) is 5.36. The van der Waals surface area contributed by atoms with Crippen LogP contribution >= 0.6 is 15.2 Å². The summed E-state index contributed by atoms with van der Waals surface area (Å²) in [4.78, 5) is 54.6. The van der Waals surface area contributed by atoms with E-state index in [0.717, 1.165) is 0 Å². The first-order valence-electron chi connectivity index (χ1n) is 10.9. The van der Waals surface area contributed by atoms with Gasteiger partial charge in [0.25, 0.3) is 0 Å². The van der Waals surface area contributed by atoms with Crippen molar-refractivity contribution in [3.63, 3.8) is 0 Å². The van der Waals surface area contributed by atoms with Crippen LogP contribution < -0.4 is 34.0 Å². The molecule has 280 valence electrons. The van der Waals surface area contributed by atoms with Crippen molar-refractivity contribution in [3.8, 4) is 0 Å². The van der Waals surface area contributed by atoms with Gasteiger partial charge in [0, 0.05) is 12.3 Å². The van der Waals surface area contributed by atoms with Crippen molar-refractivity contribution >= 4 is 58.1 Å². The molecule has 0 aromatic heterocycles. The van der Waals surface area contributed by atoms with Crippen molar-refractivity contribution < 1.29 is 92.0 Å². The molecule has 0 heterocycles. The Morgan fingerprint density at radius 2 is 0.778 bits per heavy atom. The number of aliphatic carboxylic acids is 2. The molecule has 0 aromatic carbocycles. The number of hydrogen-bond donors (Lipinski definition) is 14. The molecule has 0 bridgehead atoms. The van der Waals surface area contributed by atoms with Crippen LogP contribution in [-0.4, -0.2) is 110 Å². The summed E-state index contributed by atoms with van der Waals surface area (Å²) in [6.45, 7) is 0. The van der Waals surface area contributed by atoms with Crippen molar-refractivity contribution in [3.05, 3.63) is 0 Å². The molecule has 0 aliphatic carbocycles. The highest BCUT2D eigenvalue weighted by Gasteiger charge is 2.14. The van der Waals surface area contributed by atoms with Crippen LogP contribution in [0.1, 0.15) is 51.4 Å². The molecule has 0 aromatic rings. The first kappa shape index (κ1) is 59.1. The molecule has 0 aliphatic rings. The molecule has 26 nitrogen and oxygen atoms in total. The van der Waals surface area contributed by atoms with E-state index in [4.69, 9.17) is 84.7 Å². The predicted molar refractivity (Wildman–Crippen MR) is 156 cm³/mol. The first-order chi connectivity index (χ1) is 18.7. The fraction of sp³-hybridized carbons (Fsp3) is 0.857. The average molecular weight is 777 g/mol. The molecule has 31 heteroatoms. The van der Waals surface area contributed by atoms with Gasteiger partial charge < -0.3 is 62.7 Å². The summed E-state index contributed by atoms with van der Waals surface area (Å²) >= 11 is 0. The molecule has 0 unspecified atom stereocenters. The molecule has 0 radical (unpaired) electrons. The highest BCUT2D eigenvalue weighted by atomic mass is 32.3. The third-order valence-electron chi connectivity index (χ3n) is 3.56. The predicted octanol–water partition coefficient (Wildman–Crippen LogP) is -2.82. The fourth-order valence-corrected chi connectivity index (χ4v) is 3.24. The number of hydrogen-bond acceptors (Lipinski definition) is 14. The number of carboxylic acids is 2. The van der Waals surface area contributed by atoms with Gasteiger partial charge in [0.1, 0.15) is 12.1 Å². The van der Waals surface area contributed by atoms with E-state index < -0.39 is 70.2 Å². The minimum atomic E-state index is -4.67. The molecule has 0 aliphatic heterocycles. The Labute approximate surface area is 259 Å². The van der Waals surface area contributed by atoms with Gasteiger partial charge in [-0.2, -0.15) is 8.42 Å². The van der Waals surface area contributed by atoms with Crippen LogP contribution in [0.2, 0.25) is 0 Å². The topological polar surface area (TPSA) is 556 Å². The maximum absolute atomic E-state index is 10.4. The molecule has 2 atom stereocenters. The van der Waals surface area contributed by atoms with Gasteiger partial charge in [0.15, 0.2) is 20.6 Å². The second-order valence-corrected chi connectivity index (χ2v) is 14.2. The van der Waals surface area contributed by atoms with Gasteiger partial charge in [-0.25, -0.2) is 27.1 Å². The number of unbranched alkanes of at least 4 members (excludes halogenated alkanes) is 4. The van der Waals surface area contributed by atoms with Gasteiger partial charge in [0.2, 0.25) is 0 Å². The monoisotopic (exact) mass is 776 g/mol. The highest BCUT2D eigenvalue weighted by molar-refractivity contribution is 7.83. The Kier molecular flexibility index (Phi) is 38.0. The lowest BCUT2D eigenvalue weighted by atomic mass is 10.1. The quantitative estimate of drug-likeness (QED) is 0.0480. The zero-order valence-electron chi connectivity index (χ0n) is 24.1. The summed E-state index contributed by atoms with van der Waals surface area (Å²) in [7, 11) is -21.3. The molecule has 0 saturated carbocycles. The standard InChI is InChI=1S/2C7H16NO5P.2H3NO3S.2H3N.H2O4S/c2*8-6(7(9)10)4-2-1-3-5-14(11,12)13;2*1-5(2,3)4;;;1-5(2,3)4/h2*6H,1-5,8H2,(H,9,10)(H2,11,12,13);2*(H3,1,2,3,4);2*1H3;(H2,1,2,3,4)/t2*6-;;;;;/m00...../s1. The summed E-state index contributed by atoms with van der Waals surface area (Å²) in [5.41, 5.74) is 10.5. The van der Waals surface area contributed by atoms with Crippen molar-refractivity contribution in [2.24, 2.45) is 21.7 Å². The molecule has 0 spiro atoms. The Hall–Kier alpha value is -1.31. The minimum absolute atomic E-state index is 0. The van der Waals surface area contributed by atoms with Crippen LogP contribution in [0.15, 0.2) is 0 Å². The smallest absolute Gasteiger partial charge is 0.394 e. The summed E-state index contributed by atoms with van der Waals surface area (Å²) in [6.07, 6.45) is 3.53. The number of rotatable bonds is 14. The van der Waals surface area contributed by atoms with Gasteiger partial charge in [-0.05, 0) is 25.7 Å². The first-order valence-corrected chi connectivity index (χ1v) is 18.8. The van der Waals surface area contributed by atoms with Crippen molar-refractivity contribution in [1.29, 1.82) is 0 Å². The molecule has 0 fully saturated rings. The largest absolute Gasteiger partial charge is 0.736 e. The molecule has 0 amide bonds. The lowest BCUT2D eigenvalue weighted by molar-refractivity contribution is -0.139. The lowest BCUT2D eigenvalue weighted by Gasteiger charge is -2.06. The summed E-state index contributed by atoms with van der Waals surface area (Å²) in [5.74, 6) is -2.08. The van der Waals surface area contributed by atoms with Gasteiger partial charge >= 0.3 is 37.5 Å². The maximum atomic E-state index is 10.4. The zero-order valence-corrected chi connectivity index (χ0v) is 28.4. The third kappa shape index (κ3) is 116. The molecular weight excluding hydrogens is 730 g/mol. The molecule has 45 heavy (non-hydrogen) atoms. The summed E-state index contributed by atoms with van der Waals surface area (Å²) in [5, 5.41) is 24.4. The number of quaternary nitrogens is 2. The Morgan fingerprint density at radius 1 is 0.600 bits per heavy atom. The van der Waals surface area contributed by atoms with Crippen LogP contribution in [0.4, 0.5) is 0 Å². The fourth-order valence-electron chi connectivity index (χ4n) is 1.96. The van der Waals surface area contributed by atoms with Crippen LogP contribution in [0, 0.1) is 0 Å². The van der Waals surface area contributed by atoms with Gasteiger partial charge in [-0.1, -0.05) is 25.7 Å². The van der Waals surface area contributed by atoms with Gasteiger partial charge in [0.05, 0.1) is 0 Å². The lowest BCUT2D eigenvalue weighted by Crippen LogP contribution is -2.29. The minimum Gasteiger partial charge on any atom is -0.736 e. The Bertz CT molecular complexity index is 1050. The van der Waals surface area contributed by atoms with E-state index in [9.17, 15) is 18.7 Å². The van der Waals surface area contributed by atoms with Crippen LogP contribution in [0.5, 0.6) is 0 Å². The number of carbonyl (C=O) groups is 2. The van der Waals surface area contributed by atoms with E-state index in [2.05, 4.69) is 10.3 Å². The van der Waals surface area contributed by atoms with E-state index in [1.165, 1.54) is 0 Å². The van der Waals surface area contributed by atoms with Crippen molar-refractivity contribution in [2.75, 3.05) is 12.3 Å². The normalized spacial score (nSPS) is 12.5. The van der Waals surface area contributed by atoms with Crippen LogP contribution in [0.25, 0.3) is 0 Å². The Morgan fingerprint density at radius 3 is 0.911 bits per heavy atom. The van der Waals surface area contributed by atoms with E-state index in [1.807, 2.05) is 0 Å². The van der Waals surface area contributed by atoms with Gasteiger partial charge in [-0.3, -0.25) is 27.8 Å². The SMILES string of the molecule is NS(=O)(=O)[O-].NS(=O)(=O)[O-].N[C@@H](CCCCCP(=O)(O)O)C(=O)O.N[C@@H](CCCCCP(=O)(O)O)C(=O)O.O=S(=O)(O)O.[NH4+].[NH4+].